The van der Waals surface area contributed by atoms with E-state index in [1.165, 1.54) is 0 Å². The number of allylic oxidation sites excluding steroid dienone is 1. The first kappa shape index (κ1) is 13.4. The second kappa shape index (κ2) is 4.60. The molecule has 2 aliphatic heterocycles. The number of rotatable bonds is 2. The second-order valence-corrected chi connectivity index (χ2v) is 6.11. The Morgan fingerprint density at radius 1 is 1.45 bits per heavy atom. The zero-order valence-electron chi connectivity index (χ0n) is 12.4. The van der Waals surface area contributed by atoms with Crippen LogP contribution >= 0.6 is 0 Å². The molecule has 0 aromatic heterocycles. The molecule has 0 fully saturated rings. The Morgan fingerprint density at radius 2 is 2.32 bits per heavy atom. The van der Waals surface area contributed by atoms with Crippen molar-refractivity contribution in [1.29, 1.82) is 0 Å². The topological polar surface area (TPSA) is 55.8 Å². The minimum Gasteiger partial charge on any atom is -0.493 e. The normalized spacial score (nSPS) is 28.5. The second-order valence-electron chi connectivity index (χ2n) is 6.11. The van der Waals surface area contributed by atoms with Gasteiger partial charge < -0.3 is 14.4 Å². The third-order valence-electron chi connectivity index (χ3n) is 5.02. The van der Waals surface area contributed by atoms with Gasteiger partial charge in [0, 0.05) is 25.1 Å². The molecule has 2 heterocycles. The van der Waals surface area contributed by atoms with Crippen molar-refractivity contribution in [3.8, 4) is 11.5 Å². The molecule has 5 heteroatoms. The highest BCUT2D eigenvalue weighted by atomic mass is 16.5. The number of benzene rings is 1. The molecular weight excluding hydrogens is 282 g/mol. The van der Waals surface area contributed by atoms with Gasteiger partial charge in [0.15, 0.2) is 17.3 Å². The predicted octanol–water partition coefficient (Wildman–Crippen LogP) is 1.59. The smallest absolute Gasteiger partial charge is 0.210 e. The summed E-state index contributed by atoms with van der Waals surface area (Å²) < 4.78 is 11.6. The summed E-state index contributed by atoms with van der Waals surface area (Å²) in [6, 6.07) is 3.87. The summed E-state index contributed by atoms with van der Waals surface area (Å²) >= 11 is 0. The van der Waals surface area contributed by atoms with Crippen LogP contribution in [0.3, 0.4) is 0 Å². The molecule has 4 rings (SSSR count). The number of amides is 1. The van der Waals surface area contributed by atoms with Gasteiger partial charge in [0.25, 0.3) is 0 Å². The lowest BCUT2D eigenvalue weighted by Gasteiger charge is -2.33. The number of carbonyl (C=O) groups is 2. The summed E-state index contributed by atoms with van der Waals surface area (Å²) in [6.07, 6.45) is 5.45. The van der Waals surface area contributed by atoms with Crippen LogP contribution in [0, 0.1) is 0 Å². The molecule has 0 saturated carbocycles. The van der Waals surface area contributed by atoms with Crippen molar-refractivity contribution in [1.82, 2.24) is 4.90 Å². The molecule has 1 spiro atoms. The maximum Gasteiger partial charge on any atom is 0.210 e. The number of hydrogen-bond acceptors (Lipinski definition) is 4. The standard InChI is InChI=1S/C17H17NO4/c1-21-13-3-2-11-9-18(10-19)7-6-17-5-4-12(20)8-14(17)22-16(13)15(11)17/h2-5,10,14H,6-9H2,1H3. The fraction of sp³-hybridized carbons (Fsp3) is 0.412. The first-order chi connectivity index (χ1) is 10.7. The number of ketones is 1. The Morgan fingerprint density at radius 3 is 3.09 bits per heavy atom. The van der Waals surface area contributed by atoms with E-state index in [-0.39, 0.29) is 17.3 Å². The zero-order chi connectivity index (χ0) is 15.3. The third kappa shape index (κ3) is 1.65. The molecule has 0 radical (unpaired) electrons. The molecule has 0 saturated heterocycles. The molecule has 1 aromatic carbocycles. The summed E-state index contributed by atoms with van der Waals surface area (Å²) in [5.74, 6) is 1.51. The van der Waals surface area contributed by atoms with E-state index in [9.17, 15) is 9.59 Å². The first-order valence-electron chi connectivity index (χ1n) is 7.46. The number of carbonyl (C=O) groups excluding carboxylic acids is 2. The van der Waals surface area contributed by atoms with Crippen LogP contribution in [0.5, 0.6) is 11.5 Å². The molecule has 0 N–H and O–H groups in total. The minimum absolute atomic E-state index is 0.0837. The summed E-state index contributed by atoms with van der Waals surface area (Å²) in [6.45, 7) is 1.22. The van der Waals surface area contributed by atoms with Gasteiger partial charge >= 0.3 is 0 Å². The van der Waals surface area contributed by atoms with Gasteiger partial charge in [-0.3, -0.25) is 9.59 Å². The molecular formula is C17H17NO4. The average Bonchev–Trinajstić information content (AvgIpc) is 2.76. The number of hydrogen-bond donors (Lipinski definition) is 0. The molecule has 1 aromatic rings. The van der Waals surface area contributed by atoms with Crippen molar-refractivity contribution < 1.29 is 19.1 Å². The van der Waals surface area contributed by atoms with Crippen LogP contribution in [0.4, 0.5) is 0 Å². The van der Waals surface area contributed by atoms with Crippen LogP contribution in [0.2, 0.25) is 0 Å². The molecule has 114 valence electrons. The maximum absolute atomic E-state index is 11.8. The van der Waals surface area contributed by atoms with Gasteiger partial charge in [-0.05, 0) is 24.1 Å². The average molecular weight is 299 g/mol. The van der Waals surface area contributed by atoms with E-state index in [0.717, 1.165) is 29.7 Å². The van der Waals surface area contributed by atoms with E-state index in [2.05, 4.69) is 0 Å². The van der Waals surface area contributed by atoms with Crippen LogP contribution in [0.25, 0.3) is 0 Å². The maximum atomic E-state index is 11.8. The van der Waals surface area contributed by atoms with E-state index >= 15 is 0 Å². The van der Waals surface area contributed by atoms with Crippen LogP contribution in [-0.2, 0) is 21.5 Å². The largest absolute Gasteiger partial charge is 0.493 e. The van der Waals surface area contributed by atoms with Gasteiger partial charge in [-0.25, -0.2) is 0 Å². The van der Waals surface area contributed by atoms with Gasteiger partial charge in [-0.1, -0.05) is 12.1 Å². The monoisotopic (exact) mass is 299 g/mol. The molecule has 22 heavy (non-hydrogen) atoms. The fourth-order valence-electron chi connectivity index (χ4n) is 3.93. The lowest BCUT2D eigenvalue weighted by Crippen LogP contribution is -2.41. The quantitative estimate of drug-likeness (QED) is 0.778. The van der Waals surface area contributed by atoms with Gasteiger partial charge in [-0.2, -0.15) is 0 Å². The van der Waals surface area contributed by atoms with Crippen molar-refractivity contribution in [3.05, 3.63) is 35.4 Å². The summed E-state index contributed by atoms with van der Waals surface area (Å²) in [5.41, 5.74) is 1.83. The van der Waals surface area contributed by atoms with E-state index in [4.69, 9.17) is 9.47 Å². The molecule has 3 aliphatic rings. The Balaban J connectivity index is 1.96. The lowest BCUT2D eigenvalue weighted by molar-refractivity contribution is -0.119. The number of methoxy groups -OCH3 is 1. The molecule has 5 nitrogen and oxygen atoms in total. The summed E-state index contributed by atoms with van der Waals surface area (Å²) in [4.78, 5) is 24.9. The first-order valence-corrected chi connectivity index (χ1v) is 7.46. The van der Waals surface area contributed by atoms with Gasteiger partial charge in [0.05, 0.1) is 12.5 Å². The number of nitrogens with zero attached hydrogens (tertiary/aromatic N) is 1. The number of ether oxygens (including phenoxy) is 2. The summed E-state index contributed by atoms with van der Waals surface area (Å²) in [5, 5.41) is 0. The van der Waals surface area contributed by atoms with E-state index in [0.29, 0.717) is 25.3 Å². The Bertz CT molecular complexity index is 696. The van der Waals surface area contributed by atoms with Gasteiger partial charge in [0.1, 0.15) is 6.10 Å². The van der Waals surface area contributed by atoms with E-state index in [1.54, 1.807) is 18.1 Å². The zero-order valence-corrected chi connectivity index (χ0v) is 12.4. The van der Waals surface area contributed by atoms with Crippen LogP contribution in [-0.4, -0.2) is 36.9 Å². The highest BCUT2D eigenvalue weighted by Gasteiger charge is 2.52. The minimum atomic E-state index is -0.328. The Hall–Kier alpha value is -2.30. The molecule has 2 atom stereocenters. The van der Waals surface area contributed by atoms with Crippen molar-refractivity contribution in [3.63, 3.8) is 0 Å². The van der Waals surface area contributed by atoms with E-state index in [1.807, 2.05) is 18.2 Å². The van der Waals surface area contributed by atoms with Crippen molar-refractivity contribution >= 4 is 12.2 Å². The van der Waals surface area contributed by atoms with Gasteiger partial charge in [-0.15, -0.1) is 0 Å². The van der Waals surface area contributed by atoms with Gasteiger partial charge in [0.2, 0.25) is 6.41 Å². The van der Waals surface area contributed by atoms with Crippen LogP contribution < -0.4 is 9.47 Å². The fourth-order valence-corrected chi connectivity index (χ4v) is 3.93. The van der Waals surface area contributed by atoms with Crippen LogP contribution in [0.15, 0.2) is 24.3 Å². The Kier molecular flexibility index (Phi) is 2.79. The van der Waals surface area contributed by atoms with Crippen molar-refractivity contribution in [2.45, 2.75) is 30.9 Å². The molecule has 1 amide bonds. The van der Waals surface area contributed by atoms with Crippen molar-refractivity contribution in [2.75, 3.05) is 13.7 Å². The lowest BCUT2D eigenvalue weighted by atomic mass is 9.69. The molecule has 1 aliphatic carbocycles. The van der Waals surface area contributed by atoms with E-state index < -0.39 is 0 Å². The Labute approximate surface area is 128 Å². The predicted molar refractivity (Wildman–Crippen MR) is 78.9 cm³/mol. The molecule has 0 bridgehead atoms. The van der Waals surface area contributed by atoms with Crippen LogP contribution in [0.1, 0.15) is 24.0 Å². The third-order valence-corrected chi connectivity index (χ3v) is 5.02. The SMILES string of the molecule is COc1ccc2c3c1OC1CC(=O)C=CC31CCN(C=O)C2. The van der Waals surface area contributed by atoms with Crippen molar-refractivity contribution in [2.24, 2.45) is 0 Å². The molecule has 2 unspecified atom stereocenters. The highest BCUT2D eigenvalue weighted by Crippen LogP contribution is 2.55. The highest BCUT2D eigenvalue weighted by molar-refractivity contribution is 5.92. The summed E-state index contributed by atoms with van der Waals surface area (Å²) in [7, 11) is 1.62.